The molecule has 1 saturated heterocycles. The number of nitrogens with one attached hydrogen (secondary N) is 2. The zero-order valence-corrected chi connectivity index (χ0v) is 15.1. The third-order valence-corrected chi connectivity index (χ3v) is 5.48. The van der Waals surface area contributed by atoms with Crippen molar-refractivity contribution in [3.05, 3.63) is 51.7 Å². The number of allylic oxidation sites excluding steroid dienone is 4. The highest BCUT2D eigenvalue weighted by molar-refractivity contribution is 5.57. The molecule has 1 aromatic carbocycles. The van der Waals surface area contributed by atoms with Crippen LogP contribution >= 0.6 is 0 Å². The van der Waals surface area contributed by atoms with E-state index in [1.807, 2.05) is 12.3 Å². The zero-order valence-electron chi connectivity index (χ0n) is 15.1. The fourth-order valence-corrected chi connectivity index (χ4v) is 3.93. The summed E-state index contributed by atoms with van der Waals surface area (Å²) in [5.41, 5.74) is 2.24. The Bertz CT molecular complexity index is 952. The number of fused-ring (bicyclic) bond motifs is 1. The molecular formula is C21H23FN4O. The summed E-state index contributed by atoms with van der Waals surface area (Å²) >= 11 is 0. The molecule has 0 aromatic heterocycles. The Morgan fingerprint density at radius 1 is 1.26 bits per heavy atom. The molecular weight excluding hydrogens is 343 g/mol. The van der Waals surface area contributed by atoms with Gasteiger partial charge in [-0.3, -0.25) is 0 Å². The Morgan fingerprint density at radius 3 is 2.85 bits per heavy atom. The second kappa shape index (κ2) is 7.55. The van der Waals surface area contributed by atoms with Crippen molar-refractivity contribution in [1.29, 1.82) is 5.26 Å². The van der Waals surface area contributed by atoms with Crippen LogP contribution in [0.25, 0.3) is 12.3 Å². The van der Waals surface area contributed by atoms with Crippen molar-refractivity contribution in [3.8, 4) is 6.07 Å². The van der Waals surface area contributed by atoms with Crippen molar-refractivity contribution in [2.45, 2.75) is 31.2 Å². The van der Waals surface area contributed by atoms with Gasteiger partial charge in [0.05, 0.1) is 5.57 Å². The molecule has 0 bridgehead atoms. The minimum atomic E-state index is -0.426. The molecule has 0 saturated carbocycles. The van der Waals surface area contributed by atoms with Gasteiger partial charge in [-0.1, -0.05) is 18.2 Å². The molecule has 0 spiro atoms. The Labute approximate surface area is 157 Å². The number of anilines is 1. The molecule has 1 aliphatic carbocycles. The summed E-state index contributed by atoms with van der Waals surface area (Å²) in [6, 6.07) is 6.51. The van der Waals surface area contributed by atoms with E-state index < -0.39 is 5.83 Å². The molecule has 6 heteroatoms. The lowest BCUT2D eigenvalue weighted by Crippen LogP contribution is -2.41. The van der Waals surface area contributed by atoms with Gasteiger partial charge in [0.25, 0.3) is 0 Å². The number of rotatable bonds is 3. The Balaban J connectivity index is 1.69. The first-order valence-electron chi connectivity index (χ1n) is 9.40. The molecule has 1 atom stereocenters. The van der Waals surface area contributed by atoms with Crippen LogP contribution in [0.15, 0.2) is 35.7 Å². The van der Waals surface area contributed by atoms with Crippen LogP contribution in [0.3, 0.4) is 0 Å². The van der Waals surface area contributed by atoms with Crippen molar-refractivity contribution in [3.63, 3.8) is 0 Å². The molecule has 0 amide bonds. The van der Waals surface area contributed by atoms with Crippen LogP contribution in [0, 0.1) is 11.3 Å². The van der Waals surface area contributed by atoms with E-state index in [0.717, 1.165) is 41.1 Å². The van der Waals surface area contributed by atoms with E-state index in [-0.39, 0.29) is 11.5 Å². The summed E-state index contributed by atoms with van der Waals surface area (Å²) in [5.74, 6) is -0.433. The highest BCUT2D eigenvalue weighted by Gasteiger charge is 2.21. The number of hydrogen-bond donors (Lipinski definition) is 3. The maximum Gasteiger partial charge on any atom is 0.136 e. The molecule has 2 heterocycles. The predicted molar refractivity (Wildman–Crippen MR) is 103 cm³/mol. The van der Waals surface area contributed by atoms with Crippen LogP contribution in [0.2, 0.25) is 0 Å². The summed E-state index contributed by atoms with van der Waals surface area (Å²) in [5, 5.41) is 29.3. The number of benzene rings is 1. The number of hydroxylamine groups is 2. The summed E-state index contributed by atoms with van der Waals surface area (Å²) < 4.78 is 13.7. The minimum Gasteiger partial charge on any atom is -0.387 e. The third-order valence-electron chi connectivity index (χ3n) is 5.48. The molecule has 1 unspecified atom stereocenters. The largest absolute Gasteiger partial charge is 0.387 e. The lowest BCUT2D eigenvalue weighted by Gasteiger charge is -2.29. The fraction of sp³-hybridized carbons (Fsp3) is 0.381. The molecule has 140 valence electrons. The van der Waals surface area contributed by atoms with Crippen molar-refractivity contribution in [2.24, 2.45) is 0 Å². The minimum absolute atomic E-state index is 0.00688. The SMILES string of the molecule is N#CC1=CC(c2cc(NC3CCN(O)CC3)c3c(c2)=CCNC=3)CC=C1F. The fourth-order valence-electron chi connectivity index (χ4n) is 3.93. The molecule has 1 fully saturated rings. The molecule has 3 aliphatic rings. The highest BCUT2D eigenvalue weighted by atomic mass is 19.1. The zero-order chi connectivity index (χ0) is 18.8. The Morgan fingerprint density at radius 2 is 2.07 bits per heavy atom. The summed E-state index contributed by atoms with van der Waals surface area (Å²) in [6.45, 7) is 2.10. The van der Waals surface area contributed by atoms with Gasteiger partial charge < -0.3 is 15.8 Å². The van der Waals surface area contributed by atoms with Crippen LogP contribution in [0.4, 0.5) is 10.1 Å². The van der Waals surface area contributed by atoms with Crippen molar-refractivity contribution in [2.75, 3.05) is 25.0 Å². The molecule has 3 N–H and O–H groups in total. The average Bonchev–Trinajstić information content (AvgIpc) is 2.70. The van der Waals surface area contributed by atoms with E-state index in [4.69, 9.17) is 5.26 Å². The normalized spacial score (nSPS) is 22.9. The predicted octanol–water partition coefficient (Wildman–Crippen LogP) is 1.86. The second-order valence-electron chi connectivity index (χ2n) is 7.29. The van der Waals surface area contributed by atoms with Crippen LogP contribution < -0.4 is 21.1 Å². The van der Waals surface area contributed by atoms with Crippen molar-refractivity contribution >= 4 is 18.0 Å². The Kier molecular flexibility index (Phi) is 4.97. The van der Waals surface area contributed by atoms with E-state index in [9.17, 15) is 9.60 Å². The first-order valence-corrected chi connectivity index (χ1v) is 9.40. The molecule has 2 aliphatic heterocycles. The van der Waals surface area contributed by atoms with E-state index in [1.54, 1.807) is 6.08 Å². The molecule has 5 nitrogen and oxygen atoms in total. The average molecular weight is 366 g/mol. The maximum atomic E-state index is 13.7. The third kappa shape index (κ3) is 3.75. The van der Waals surface area contributed by atoms with Crippen molar-refractivity contribution < 1.29 is 9.60 Å². The number of nitrogens with zero attached hydrogens (tertiary/aromatic N) is 2. The van der Waals surface area contributed by atoms with Gasteiger partial charge in [-0.25, -0.2) is 4.39 Å². The quantitative estimate of drug-likeness (QED) is 0.762. The lowest BCUT2D eigenvalue weighted by atomic mass is 9.88. The van der Waals surface area contributed by atoms with Crippen LogP contribution in [0.5, 0.6) is 0 Å². The summed E-state index contributed by atoms with van der Waals surface area (Å²) in [7, 11) is 0. The number of halogens is 1. The van der Waals surface area contributed by atoms with Crippen LogP contribution in [0.1, 0.15) is 30.7 Å². The van der Waals surface area contributed by atoms with Gasteiger partial charge in [-0.05, 0) is 42.2 Å². The smallest absolute Gasteiger partial charge is 0.136 e. The molecule has 1 aromatic rings. The van der Waals surface area contributed by atoms with Gasteiger partial charge in [-0.15, -0.1) is 0 Å². The second-order valence-corrected chi connectivity index (χ2v) is 7.29. The highest BCUT2D eigenvalue weighted by Crippen LogP contribution is 2.31. The van der Waals surface area contributed by atoms with E-state index in [2.05, 4.69) is 28.8 Å². The van der Waals surface area contributed by atoms with Gasteiger partial charge >= 0.3 is 0 Å². The van der Waals surface area contributed by atoms with Crippen LogP contribution in [-0.4, -0.2) is 35.9 Å². The monoisotopic (exact) mass is 366 g/mol. The van der Waals surface area contributed by atoms with Crippen LogP contribution in [-0.2, 0) is 0 Å². The topological polar surface area (TPSA) is 71.3 Å². The first-order chi connectivity index (χ1) is 13.1. The van der Waals surface area contributed by atoms with Gasteiger partial charge in [0.1, 0.15) is 11.9 Å². The summed E-state index contributed by atoms with van der Waals surface area (Å²) in [6.07, 6.45) is 9.72. The number of hydrogen-bond acceptors (Lipinski definition) is 5. The van der Waals surface area contributed by atoms with Crippen molar-refractivity contribution in [1.82, 2.24) is 10.4 Å². The van der Waals surface area contributed by atoms with Gasteiger partial charge in [0.2, 0.25) is 0 Å². The van der Waals surface area contributed by atoms with Gasteiger partial charge in [-0.2, -0.15) is 10.3 Å². The first kappa shape index (κ1) is 17.8. The maximum absolute atomic E-state index is 13.7. The Hall–Kier alpha value is -2.62. The number of piperidine rings is 1. The van der Waals surface area contributed by atoms with E-state index in [1.165, 1.54) is 11.1 Å². The van der Waals surface area contributed by atoms with E-state index in [0.29, 0.717) is 25.6 Å². The van der Waals surface area contributed by atoms with E-state index >= 15 is 0 Å². The summed E-state index contributed by atoms with van der Waals surface area (Å²) in [4.78, 5) is 0. The number of nitriles is 1. The molecule has 0 radical (unpaired) electrons. The molecule has 4 rings (SSSR count). The van der Waals surface area contributed by atoms with Gasteiger partial charge in [0.15, 0.2) is 0 Å². The standard InChI is InChI=1S/C21H23FN4O/c22-20-2-1-14(9-17(20)12-23)16-10-15-3-6-24-13-19(15)21(11-16)25-18-4-7-26(27)8-5-18/h2-3,9-11,13-14,18,24-25,27H,1,4-8H2. The van der Waals surface area contributed by atoms with Gasteiger partial charge in [0, 0.05) is 48.7 Å². The lowest BCUT2D eigenvalue weighted by molar-refractivity contribution is -0.105. The molecule has 27 heavy (non-hydrogen) atoms.